The summed E-state index contributed by atoms with van der Waals surface area (Å²) in [7, 11) is 0. The average Bonchev–Trinajstić information content (AvgIpc) is 3.62. The molecule has 0 radical (unpaired) electrons. The number of ketones is 1. The van der Waals surface area contributed by atoms with Crippen LogP contribution in [0.4, 0.5) is 0 Å². The number of hydrogen-bond acceptors (Lipinski definition) is 7. The van der Waals surface area contributed by atoms with Crippen LogP contribution in [0.3, 0.4) is 0 Å². The number of aryl methyl sites for hydroxylation is 1. The maximum atomic E-state index is 14.1. The van der Waals surface area contributed by atoms with E-state index in [9.17, 15) is 9.90 Å². The molecular formula is C33H36N2O4S. The van der Waals surface area contributed by atoms with Gasteiger partial charge in [-0.3, -0.25) is 14.6 Å². The SMILES string of the molecule is Cc1cc(C(=O)c2c(-c3ccc(OCCN4CCCC4)cc3)sc3cc(O)ccc23)ccc1CN1CCOCC1. The molecular weight excluding hydrogens is 520 g/mol. The minimum atomic E-state index is -0.00102. The molecule has 3 aromatic carbocycles. The van der Waals surface area contributed by atoms with Gasteiger partial charge in [0, 0.05) is 52.3 Å². The van der Waals surface area contributed by atoms with Crippen molar-refractivity contribution in [1.29, 1.82) is 0 Å². The Labute approximate surface area is 239 Å². The van der Waals surface area contributed by atoms with Crippen molar-refractivity contribution in [3.8, 4) is 21.9 Å². The second-order valence-corrected chi connectivity index (χ2v) is 11.8. The number of nitrogens with zero attached hydrogens (tertiary/aromatic N) is 2. The Morgan fingerprint density at radius 3 is 2.48 bits per heavy atom. The first-order valence-corrected chi connectivity index (χ1v) is 15.0. The van der Waals surface area contributed by atoms with Crippen LogP contribution in [0.1, 0.15) is 39.9 Å². The van der Waals surface area contributed by atoms with Crippen molar-refractivity contribution in [3.05, 3.63) is 82.9 Å². The van der Waals surface area contributed by atoms with E-state index in [-0.39, 0.29) is 11.5 Å². The largest absolute Gasteiger partial charge is 0.508 e. The number of carbonyl (C=O) groups is 1. The van der Waals surface area contributed by atoms with Gasteiger partial charge in [-0.1, -0.05) is 12.1 Å². The van der Waals surface area contributed by atoms with Crippen molar-refractivity contribution >= 4 is 27.2 Å². The van der Waals surface area contributed by atoms with Gasteiger partial charge in [0.15, 0.2) is 5.78 Å². The number of phenolic OH excluding ortho intramolecular Hbond substituents is 1. The molecule has 0 spiro atoms. The van der Waals surface area contributed by atoms with Crippen molar-refractivity contribution < 1.29 is 19.4 Å². The molecule has 1 aromatic heterocycles. The third kappa shape index (κ3) is 5.93. The zero-order valence-electron chi connectivity index (χ0n) is 23.0. The molecule has 0 saturated carbocycles. The van der Waals surface area contributed by atoms with Crippen molar-refractivity contribution in [2.45, 2.75) is 26.3 Å². The van der Waals surface area contributed by atoms with Crippen molar-refractivity contribution in [2.75, 3.05) is 52.5 Å². The van der Waals surface area contributed by atoms with Crippen LogP contribution in [0.25, 0.3) is 20.5 Å². The molecule has 3 heterocycles. The van der Waals surface area contributed by atoms with E-state index in [1.165, 1.54) is 29.7 Å². The Morgan fingerprint density at radius 2 is 1.73 bits per heavy atom. The van der Waals surface area contributed by atoms with Crippen LogP contribution in [-0.2, 0) is 11.3 Å². The zero-order chi connectivity index (χ0) is 27.5. The number of rotatable bonds is 9. The van der Waals surface area contributed by atoms with Crippen LogP contribution < -0.4 is 4.74 Å². The molecule has 2 saturated heterocycles. The molecule has 7 heteroatoms. The lowest BCUT2D eigenvalue weighted by molar-refractivity contribution is 0.0341. The Kier molecular flexibility index (Phi) is 8.16. The van der Waals surface area contributed by atoms with Gasteiger partial charge in [0.2, 0.25) is 0 Å². The molecule has 2 aliphatic heterocycles. The summed E-state index contributed by atoms with van der Waals surface area (Å²) in [6.07, 6.45) is 2.56. The summed E-state index contributed by atoms with van der Waals surface area (Å²) in [6, 6.07) is 19.3. The van der Waals surface area contributed by atoms with Gasteiger partial charge >= 0.3 is 0 Å². The van der Waals surface area contributed by atoms with Crippen LogP contribution >= 0.6 is 11.3 Å². The number of benzene rings is 3. The molecule has 0 atom stereocenters. The van der Waals surface area contributed by atoms with E-state index >= 15 is 0 Å². The summed E-state index contributed by atoms with van der Waals surface area (Å²) < 4.78 is 12.4. The highest BCUT2D eigenvalue weighted by Crippen LogP contribution is 2.41. The summed E-state index contributed by atoms with van der Waals surface area (Å²) >= 11 is 1.54. The van der Waals surface area contributed by atoms with Crippen LogP contribution in [0.15, 0.2) is 60.7 Å². The topological polar surface area (TPSA) is 62.2 Å². The number of phenols is 1. The van der Waals surface area contributed by atoms with Gasteiger partial charge in [0.25, 0.3) is 0 Å². The van der Waals surface area contributed by atoms with Crippen LogP contribution in [0.5, 0.6) is 11.5 Å². The monoisotopic (exact) mass is 556 g/mol. The van der Waals surface area contributed by atoms with Gasteiger partial charge < -0.3 is 14.6 Å². The van der Waals surface area contributed by atoms with Gasteiger partial charge in [-0.25, -0.2) is 0 Å². The lowest BCUT2D eigenvalue weighted by atomic mass is 9.95. The fourth-order valence-corrected chi connectivity index (χ4v) is 6.91. The maximum absolute atomic E-state index is 14.1. The summed E-state index contributed by atoms with van der Waals surface area (Å²) in [5, 5.41) is 11.0. The Bertz CT molecular complexity index is 1480. The van der Waals surface area contributed by atoms with Gasteiger partial charge in [-0.05, 0) is 98.1 Å². The maximum Gasteiger partial charge on any atom is 0.195 e. The number of fused-ring (bicyclic) bond motifs is 1. The third-order valence-electron chi connectivity index (χ3n) is 7.99. The molecule has 6 nitrogen and oxygen atoms in total. The number of thiophene rings is 1. The Balaban J connectivity index is 1.26. The minimum absolute atomic E-state index is 0.00102. The zero-order valence-corrected chi connectivity index (χ0v) is 23.8. The third-order valence-corrected chi connectivity index (χ3v) is 9.20. The summed E-state index contributed by atoms with van der Waals surface area (Å²) in [5.74, 6) is 1.03. The first-order valence-electron chi connectivity index (χ1n) is 14.2. The molecule has 2 fully saturated rings. The number of likely N-dealkylation sites (tertiary alicyclic amines) is 1. The summed E-state index contributed by atoms with van der Waals surface area (Å²) in [4.78, 5) is 19.8. The fraction of sp³-hybridized carbons (Fsp3) is 0.364. The number of aromatic hydroxyl groups is 1. The standard InChI is InChI=1S/C33H36N2O4S/c1-23-20-25(4-5-26(23)22-35-14-17-38-18-15-35)32(37)31-29-11-8-27(36)21-30(29)40-33(31)24-6-9-28(10-7-24)39-19-16-34-12-2-3-13-34/h4-11,20-21,36H,2-3,12-19,22H2,1H3. The van der Waals surface area contributed by atoms with Gasteiger partial charge in [0.05, 0.1) is 13.2 Å². The number of hydrogen-bond donors (Lipinski definition) is 1. The van der Waals surface area contributed by atoms with E-state index in [0.717, 1.165) is 84.3 Å². The normalized spacial score (nSPS) is 16.5. The molecule has 2 aliphatic rings. The second kappa shape index (κ2) is 12.1. The average molecular weight is 557 g/mol. The second-order valence-electron chi connectivity index (χ2n) is 10.8. The van der Waals surface area contributed by atoms with Crippen LogP contribution in [0, 0.1) is 6.92 Å². The minimum Gasteiger partial charge on any atom is -0.508 e. The van der Waals surface area contributed by atoms with Crippen molar-refractivity contribution in [1.82, 2.24) is 9.80 Å². The van der Waals surface area contributed by atoms with Gasteiger partial charge in [0.1, 0.15) is 18.1 Å². The molecule has 0 amide bonds. The first-order chi connectivity index (χ1) is 19.5. The van der Waals surface area contributed by atoms with E-state index in [4.69, 9.17) is 9.47 Å². The van der Waals surface area contributed by atoms with E-state index < -0.39 is 0 Å². The molecule has 208 valence electrons. The quantitative estimate of drug-likeness (QED) is 0.251. The highest BCUT2D eigenvalue weighted by atomic mass is 32.1. The van der Waals surface area contributed by atoms with Crippen LogP contribution in [0.2, 0.25) is 0 Å². The lowest BCUT2D eigenvalue weighted by Gasteiger charge is -2.27. The molecule has 0 aliphatic carbocycles. The first kappa shape index (κ1) is 27.0. The van der Waals surface area contributed by atoms with Crippen molar-refractivity contribution in [2.24, 2.45) is 0 Å². The molecule has 0 unspecified atom stereocenters. The van der Waals surface area contributed by atoms with Crippen LogP contribution in [-0.4, -0.2) is 73.2 Å². The van der Waals surface area contributed by atoms with Gasteiger partial charge in [-0.2, -0.15) is 0 Å². The smallest absolute Gasteiger partial charge is 0.195 e. The van der Waals surface area contributed by atoms with Crippen molar-refractivity contribution in [3.63, 3.8) is 0 Å². The highest BCUT2D eigenvalue weighted by molar-refractivity contribution is 7.22. The van der Waals surface area contributed by atoms with Gasteiger partial charge in [-0.15, -0.1) is 11.3 Å². The van der Waals surface area contributed by atoms with E-state index in [1.54, 1.807) is 12.1 Å². The van der Waals surface area contributed by atoms with E-state index in [0.29, 0.717) is 17.7 Å². The predicted molar refractivity (Wildman–Crippen MR) is 161 cm³/mol. The van der Waals surface area contributed by atoms with E-state index in [1.807, 2.05) is 42.5 Å². The molecule has 0 bridgehead atoms. The number of ether oxygens (including phenoxy) is 2. The molecule has 4 aromatic rings. The Morgan fingerprint density at radius 1 is 0.950 bits per heavy atom. The van der Waals surface area contributed by atoms with E-state index in [2.05, 4.69) is 22.8 Å². The predicted octanol–water partition coefficient (Wildman–Crippen LogP) is 6.12. The Hall–Kier alpha value is -3.23. The molecule has 6 rings (SSSR count). The number of morpholine rings is 1. The lowest BCUT2D eigenvalue weighted by Crippen LogP contribution is -2.35. The summed E-state index contributed by atoms with van der Waals surface area (Å²) in [5.41, 5.74) is 4.68. The summed E-state index contributed by atoms with van der Waals surface area (Å²) in [6.45, 7) is 10.3. The highest BCUT2D eigenvalue weighted by Gasteiger charge is 2.23. The number of carbonyl (C=O) groups excluding carboxylic acids is 1. The molecule has 40 heavy (non-hydrogen) atoms. The molecule has 1 N–H and O–H groups in total. The fourth-order valence-electron chi connectivity index (χ4n) is 5.67.